The van der Waals surface area contributed by atoms with Crippen LogP contribution in [0.2, 0.25) is 13.1 Å². The molecule has 14 rings (SSSR count). The van der Waals surface area contributed by atoms with Crippen LogP contribution >= 0.6 is 0 Å². The number of hydrogen-bond donors (Lipinski definition) is 0. The molecule has 72 heavy (non-hydrogen) atoms. The van der Waals surface area contributed by atoms with Gasteiger partial charge in [0.2, 0.25) is 0 Å². The van der Waals surface area contributed by atoms with Crippen molar-refractivity contribution < 1.29 is 0 Å². The van der Waals surface area contributed by atoms with Crippen LogP contribution in [0.5, 0.6) is 0 Å². The van der Waals surface area contributed by atoms with E-state index in [9.17, 15) is 0 Å². The van der Waals surface area contributed by atoms with Gasteiger partial charge in [-0.3, -0.25) is 0 Å². The molecule has 2 aliphatic carbocycles. The smallest absolute Gasteiger partial charge is 0.113 e. The van der Waals surface area contributed by atoms with Crippen molar-refractivity contribution in [2.24, 2.45) is 0 Å². The second kappa shape index (κ2) is 16.2. The standard InChI is InChI=1S/C70H51NSi/c1-72(2)67-34-20-17-31-60(67)61-43-40-56(47-68(61)72)71(55-39-42-59-57-29-15-18-32-63(57)70(66(59)46-55,51-25-11-5-12-26-51)52-27-13-6-14-28-52)54-41-44-65-62(45-54)58-30-16-19-33-64(58)69(65,50-23-9-4-10-24-50)53-37-35-49(36-38-53)48-21-7-3-8-22-48/h3-47H,1-2H3. The maximum Gasteiger partial charge on any atom is 0.113 e. The highest BCUT2D eigenvalue weighted by Gasteiger charge is 2.48. The van der Waals surface area contributed by atoms with Gasteiger partial charge in [0, 0.05) is 17.1 Å². The molecule has 1 nitrogen and oxygen atoms in total. The highest BCUT2D eigenvalue weighted by atomic mass is 28.3. The van der Waals surface area contributed by atoms with Gasteiger partial charge >= 0.3 is 0 Å². The molecule has 0 spiro atoms. The molecular formula is C70H51NSi. The molecule has 0 saturated carbocycles. The van der Waals surface area contributed by atoms with Gasteiger partial charge in [0.05, 0.1) is 10.8 Å². The van der Waals surface area contributed by atoms with Crippen molar-refractivity contribution in [1.29, 1.82) is 0 Å². The van der Waals surface area contributed by atoms with Gasteiger partial charge < -0.3 is 4.90 Å². The Hall–Kier alpha value is -8.56. The average molecular weight is 934 g/mol. The van der Waals surface area contributed by atoms with E-state index in [-0.39, 0.29) is 0 Å². The van der Waals surface area contributed by atoms with Gasteiger partial charge in [-0.25, -0.2) is 0 Å². The van der Waals surface area contributed by atoms with E-state index in [0.717, 1.165) is 11.4 Å². The van der Waals surface area contributed by atoms with Crippen LogP contribution in [0.25, 0.3) is 44.5 Å². The number of rotatable bonds is 8. The van der Waals surface area contributed by atoms with Crippen molar-refractivity contribution in [3.05, 3.63) is 317 Å². The SMILES string of the molecule is C[Si]1(C)c2ccccc2-c2ccc(N(c3ccc4c(c3)-c3ccccc3C4(c3ccccc3)c3ccc(-c4ccccc4)cc3)c3ccc4c(c3)C(c3ccccc3)(c3ccccc3)c3ccccc3-4)cc21. The largest absolute Gasteiger partial charge is 0.310 e. The number of benzene rings is 11. The zero-order chi connectivity index (χ0) is 48.0. The number of hydrogen-bond acceptors (Lipinski definition) is 1. The first-order valence-electron chi connectivity index (χ1n) is 25.3. The zero-order valence-electron chi connectivity index (χ0n) is 40.4. The third-order valence-corrected chi connectivity index (χ3v) is 20.0. The Kier molecular flexibility index (Phi) is 9.55. The van der Waals surface area contributed by atoms with E-state index in [1.165, 1.54) is 105 Å². The Labute approximate surface area is 424 Å². The highest BCUT2D eigenvalue weighted by molar-refractivity contribution is 7.03. The third kappa shape index (κ3) is 6.00. The van der Waals surface area contributed by atoms with Crippen LogP contribution in [-0.2, 0) is 10.8 Å². The van der Waals surface area contributed by atoms with E-state index in [4.69, 9.17) is 0 Å². The monoisotopic (exact) mass is 933 g/mol. The minimum absolute atomic E-state index is 0.535. The Balaban J connectivity index is 1.02. The summed E-state index contributed by atoms with van der Waals surface area (Å²) in [4.78, 5) is 2.55. The summed E-state index contributed by atoms with van der Waals surface area (Å²) in [5.41, 5.74) is 22.8. The molecule has 1 heterocycles. The van der Waals surface area contributed by atoms with Crippen LogP contribution in [-0.4, -0.2) is 8.07 Å². The second-order valence-electron chi connectivity index (χ2n) is 20.3. The number of anilines is 3. The molecule has 1 atom stereocenters. The van der Waals surface area contributed by atoms with Crippen LogP contribution < -0.4 is 15.3 Å². The first kappa shape index (κ1) is 42.3. The van der Waals surface area contributed by atoms with Gasteiger partial charge in [0.25, 0.3) is 0 Å². The van der Waals surface area contributed by atoms with Crippen molar-refractivity contribution in [2.75, 3.05) is 4.90 Å². The normalized spacial score (nSPS) is 15.9. The van der Waals surface area contributed by atoms with E-state index in [2.05, 4.69) is 291 Å². The quantitative estimate of drug-likeness (QED) is 0.137. The van der Waals surface area contributed by atoms with Crippen molar-refractivity contribution in [1.82, 2.24) is 0 Å². The summed E-state index contributed by atoms with van der Waals surface area (Å²) >= 11 is 0. The molecular weight excluding hydrogens is 883 g/mol. The lowest BCUT2D eigenvalue weighted by atomic mass is 9.67. The topological polar surface area (TPSA) is 3.24 Å². The molecule has 1 aliphatic heterocycles. The van der Waals surface area contributed by atoms with Crippen LogP contribution in [0.3, 0.4) is 0 Å². The minimum atomic E-state index is -2.04. The van der Waals surface area contributed by atoms with Crippen LogP contribution in [0, 0.1) is 0 Å². The minimum Gasteiger partial charge on any atom is -0.310 e. The van der Waals surface area contributed by atoms with Crippen molar-refractivity contribution in [3.63, 3.8) is 0 Å². The fourth-order valence-corrected chi connectivity index (χ4v) is 16.4. The molecule has 340 valence electrons. The molecule has 0 amide bonds. The average Bonchev–Trinajstić information content (AvgIpc) is 4.01. The lowest BCUT2D eigenvalue weighted by Crippen LogP contribution is -2.49. The van der Waals surface area contributed by atoms with Crippen LogP contribution in [0.1, 0.15) is 44.5 Å². The van der Waals surface area contributed by atoms with Gasteiger partial charge in [-0.05, 0) is 136 Å². The van der Waals surface area contributed by atoms with Crippen LogP contribution in [0.15, 0.2) is 273 Å². The fourth-order valence-electron chi connectivity index (χ4n) is 13.3. The molecule has 1 unspecified atom stereocenters. The summed E-state index contributed by atoms with van der Waals surface area (Å²) in [6.45, 7) is 5.04. The summed E-state index contributed by atoms with van der Waals surface area (Å²) in [6.07, 6.45) is 0. The zero-order valence-corrected chi connectivity index (χ0v) is 41.4. The first-order chi connectivity index (χ1) is 35.5. The lowest BCUT2D eigenvalue weighted by molar-refractivity contribution is 0.768. The Bertz CT molecular complexity index is 3840. The first-order valence-corrected chi connectivity index (χ1v) is 28.3. The summed E-state index contributed by atoms with van der Waals surface area (Å²) in [5, 5.41) is 2.99. The Morgan fingerprint density at radius 1 is 0.264 bits per heavy atom. The third-order valence-electron chi connectivity index (χ3n) is 16.4. The number of nitrogens with zero attached hydrogens (tertiary/aromatic N) is 1. The van der Waals surface area contributed by atoms with E-state index >= 15 is 0 Å². The molecule has 0 fully saturated rings. The van der Waals surface area contributed by atoms with Gasteiger partial charge in [-0.1, -0.05) is 250 Å². The summed E-state index contributed by atoms with van der Waals surface area (Å²) in [5.74, 6) is 0. The van der Waals surface area contributed by atoms with Gasteiger partial charge in [-0.2, -0.15) is 0 Å². The lowest BCUT2D eigenvalue weighted by Gasteiger charge is -2.35. The molecule has 2 heteroatoms. The van der Waals surface area contributed by atoms with Crippen molar-refractivity contribution >= 4 is 35.5 Å². The summed E-state index contributed by atoms with van der Waals surface area (Å²) in [6, 6.07) is 103. The van der Waals surface area contributed by atoms with E-state index in [1.54, 1.807) is 0 Å². The Morgan fingerprint density at radius 3 is 1.26 bits per heavy atom. The van der Waals surface area contributed by atoms with Gasteiger partial charge in [-0.15, -0.1) is 0 Å². The molecule has 11 aromatic carbocycles. The molecule has 3 aliphatic rings. The molecule has 11 aromatic rings. The summed E-state index contributed by atoms with van der Waals surface area (Å²) < 4.78 is 0. The van der Waals surface area contributed by atoms with Crippen molar-refractivity contribution in [3.8, 4) is 44.5 Å². The predicted molar refractivity (Wildman–Crippen MR) is 303 cm³/mol. The molecule has 0 bridgehead atoms. The number of fused-ring (bicyclic) bond motifs is 9. The predicted octanol–water partition coefficient (Wildman–Crippen LogP) is 16.4. The van der Waals surface area contributed by atoms with Gasteiger partial charge in [0.15, 0.2) is 0 Å². The molecule has 0 N–H and O–H groups in total. The van der Waals surface area contributed by atoms with E-state index in [0.29, 0.717) is 0 Å². The maximum atomic E-state index is 2.55. The molecule has 0 aromatic heterocycles. The van der Waals surface area contributed by atoms with Crippen molar-refractivity contribution in [2.45, 2.75) is 23.9 Å². The maximum absolute atomic E-state index is 2.55. The fraction of sp³-hybridized carbons (Fsp3) is 0.0571. The van der Waals surface area contributed by atoms with E-state index in [1.807, 2.05) is 0 Å². The van der Waals surface area contributed by atoms with Gasteiger partial charge in [0.1, 0.15) is 8.07 Å². The van der Waals surface area contributed by atoms with Crippen LogP contribution in [0.4, 0.5) is 17.1 Å². The highest BCUT2D eigenvalue weighted by Crippen LogP contribution is 2.59. The van der Waals surface area contributed by atoms with E-state index < -0.39 is 18.9 Å². The molecule has 0 radical (unpaired) electrons. The second-order valence-corrected chi connectivity index (χ2v) is 24.7. The summed E-state index contributed by atoms with van der Waals surface area (Å²) in [7, 11) is -2.04. The molecule has 0 saturated heterocycles. The Morgan fingerprint density at radius 2 is 0.653 bits per heavy atom.